The second kappa shape index (κ2) is 8.31. The Bertz CT molecular complexity index is 1210. The van der Waals surface area contributed by atoms with Crippen molar-refractivity contribution in [1.82, 2.24) is 4.98 Å². The highest BCUT2D eigenvalue weighted by Gasteiger charge is 2.31. The maximum Gasteiger partial charge on any atom is 0.573 e. The van der Waals surface area contributed by atoms with Crippen LogP contribution in [0.5, 0.6) is 11.5 Å². The molecule has 2 N–H and O–H groups in total. The van der Waals surface area contributed by atoms with Crippen molar-refractivity contribution in [1.29, 1.82) is 5.26 Å². The number of aromatic hydroxyl groups is 1. The second-order valence-corrected chi connectivity index (χ2v) is 6.42. The number of aromatic nitrogens is 1. The van der Waals surface area contributed by atoms with Gasteiger partial charge in [-0.05, 0) is 29.3 Å². The Morgan fingerprint density at radius 3 is 2.29 bits per heavy atom. The average Bonchev–Trinajstić information content (AvgIpc) is 2.70. The van der Waals surface area contributed by atoms with Crippen molar-refractivity contribution in [2.45, 2.75) is 19.2 Å². The molecule has 0 saturated carbocycles. The van der Waals surface area contributed by atoms with Gasteiger partial charge in [0.2, 0.25) is 0 Å². The van der Waals surface area contributed by atoms with Crippen LogP contribution in [0.15, 0.2) is 42.5 Å². The molecule has 0 aliphatic rings. The minimum atomic E-state index is -4.81. The van der Waals surface area contributed by atoms with Gasteiger partial charge in [-0.1, -0.05) is 24.3 Å². The fourth-order valence-electron chi connectivity index (χ4n) is 2.93. The summed E-state index contributed by atoms with van der Waals surface area (Å²) in [5.74, 6) is -2.96. The number of rotatable bonds is 6. The molecule has 3 aromatic rings. The highest BCUT2D eigenvalue weighted by molar-refractivity contribution is 6.02. The van der Waals surface area contributed by atoms with E-state index >= 15 is 0 Å². The first-order valence-electron chi connectivity index (χ1n) is 8.77. The van der Waals surface area contributed by atoms with Gasteiger partial charge in [0.15, 0.2) is 11.5 Å². The van der Waals surface area contributed by atoms with Crippen LogP contribution in [-0.2, 0) is 4.79 Å². The first kappa shape index (κ1) is 21.6. The number of carbonyl (C=O) groups excluding carboxylic acids is 1. The van der Waals surface area contributed by atoms with Crippen molar-refractivity contribution in [2.24, 2.45) is 0 Å². The van der Waals surface area contributed by atoms with Crippen LogP contribution in [0.4, 0.5) is 13.2 Å². The molecule has 0 aliphatic heterocycles. The molecular formula is C21H13F3N2O5. The van der Waals surface area contributed by atoms with Crippen LogP contribution >= 0.6 is 0 Å². The molecule has 158 valence electrons. The maximum atomic E-state index is 12.3. The third-order valence-corrected chi connectivity index (χ3v) is 4.32. The van der Waals surface area contributed by atoms with Gasteiger partial charge in [-0.15, -0.1) is 13.2 Å². The van der Waals surface area contributed by atoms with Crippen LogP contribution in [0.1, 0.15) is 28.9 Å². The number of carboxylic acid groups (broad SMARTS) is 1. The van der Waals surface area contributed by atoms with Crippen molar-refractivity contribution < 1.29 is 37.7 Å². The molecule has 0 atom stereocenters. The van der Waals surface area contributed by atoms with Crippen LogP contribution in [0.25, 0.3) is 22.0 Å². The standard InChI is InChI=1S/C21H13F3N2O5/c22-21(23,24)31-13-4-1-11(2-5-13)12-3-6-14-15(10-25)20(30)19(26-16(14)9-12)17(27)7-8-18(28)29/h1-6,9,30H,7-8H2,(H,28,29). The number of halogens is 3. The molecule has 2 aromatic carbocycles. The second-order valence-electron chi connectivity index (χ2n) is 6.42. The summed E-state index contributed by atoms with van der Waals surface area (Å²) in [4.78, 5) is 27.1. The Morgan fingerprint density at radius 2 is 1.71 bits per heavy atom. The van der Waals surface area contributed by atoms with Crippen LogP contribution < -0.4 is 4.74 Å². The normalized spacial score (nSPS) is 11.2. The molecule has 7 nitrogen and oxygen atoms in total. The number of carboxylic acids is 1. The van der Waals surface area contributed by atoms with Gasteiger partial charge in [0.1, 0.15) is 23.1 Å². The summed E-state index contributed by atoms with van der Waals surface area (Å²) in [7, 11) is 0. The van der Waals surface area contributed by atoms with E-state index in [1.54, 1.807) is 12.1 Å². The number of hydrogen-bond donors (Lipinski definition) is 2. The fourth-order valence-corrected chi connectivity index (χ4v) is 2.93. The molecule has 0 aliphatic carbocycles. The third kappa shape index (κ3) is 4.90. The number of benzene rings is 2. The summed E-state index contributed by atoms with van der Waals surface area (Å²) in [5.41, 5.74) is 0.613. The van der Waals surface area contributed by atoms with Crippen molar-refractivity contribution in [2.75, 3.05) is 0 Å². The maximum absolute atomic E-state index is 12.3. The van der Waals surface area contributed by atoms with E-state index in [2.05, 4.69) is 9.72 Å². The number of pyridine rings is 1. The van der Waals surface area contributed by atoms with Gasteiger partial charge in [0.25, 0.3) is 0 Å². The average molecular weight is 430 g/mol. The van der Waals surface area contributed by atoms with Gasteiger partial charge in [0.05, 0.1) is 11.9 Å². The molecule has 0 amide bonds. The predicted molar refractivity (Wildman–Crippen MR) is 101 cm³/mol. The Labute approximate surface area is 172 Å². The largest absolute Gasteiger partial charge is 0.573 e. The van der Waals surface area contributed by atoms with Gasteiger partial charge < -0.3 is 14.9 Å². The lowest BCUT2D eigenvalue weighted by Crippen LogP contribution is -2.16. The number of nitrogens with zero attached hydrogens (tertiary/aromatic N) is 2. The molecule has 0 saturated heterocycles. The number of Topliss-reactive ketones (excluding diaryl/α,β-unsaturated/α-hetero) is 1. The van der Waals surface area contributed by atoms with E-state index in [4.69, 9.17) is 5.11 Å². The highest BCUT2D eigenvalue weighted by Crippen LogP contribution is 2.33. The Morgan fingerprint density at radius 1 is 1.06 bits per heavy atom. The van der Waals surface area contributed by atoms with Gasteiger partial charge in [-0.2, -0.15) is 5.26 Å². The number of alkyl halides is 3. The number of fused-ring (bicyclic) bond motifs is 1. The SMILES string of the molecule is N#Cc1c(O)c(C(=O)CCC(=O)O)nc2cc(-c3ccc(OC(F)(F)F)cc3)ccc12. The molecule has 0 radical (unpaired) electrons. The zero-order chi connectivity index (χ0) is 22.8. The lowest BCUT2D eigenvalue weighted by Gasteiger charge is -2.11. The van der Waals surface area contributed by atoms with E-state index < -0.39 is 48.1 Å². The van der Waals surface area contributed by atoms with Gasteiger partial charge in [0, 0.05) is 11.8 Å². The number of hydrogen-bond acceptors (Lipinski definition) is 6. The summed E-state index contributed by atoms with van der Waals surface area (Å²) in [5, 5.41) is 28.7. The summed E-state index contributed by atoms with van der Waals surface area (Å²) >= 11 is 0. The van der Waals surface area contributed by atoms with Crippen LogP contribution in [0.2, 0.25) is 0 Å². The quantitative estimate of drug-likeness (QED) is 0.555. The van der Waals surface area contributed by atoms with Crippen LogP contribution in [0.3, 0.4) is 0 Å². The number of nitriles is 1. The van der Waals surface area contributed by atoms with Gasteiger partial charge in [-0.3, -0.25) is 9.59 Å². The zero-order valence-corrected chi connectivity index (χ0v) is 15.6. The first-order valence-corrected chi connectivity index (χ1v) is 8.77. The van der Waals surface area contributed by atoms with Gasteiger partial charge >= 0.3 is 12.3 Å². The minimum Gasteiger partial charge on any atom is -0.504 e. The highest BCUT2D eigenvalue weighted by atomic mass is 19.4. The molecule has 0 spiro atoms. The van der Waals surface area contributed by atoms with E-state index in [0.29, 0.717) is 11.1 Å². The van der Waals surface area contributed by atoms with Crippen molar-refractivity contribution >= 4 is 22.7 Å². The first-order chi connectivity index (χ1) is 14.6. The van der Waals surface area contributed by atoms with Crippen molar-refractivity contribution in [3.63, 3.8) is 0 Å². The Hall–Kier alpha value is -4.13. The number of aliphatic carboxylic acids is 1. The zero-order valence-electron chi connectivity index (χ0n) is 15.6. The topological polar surface area (TPSA) is 121 Å². The lowest BCUT2D eigenvalue weighted by atomic mass is 9.99. The smallest absolute Gasteiger partial charge is 0.504 e. The summed E-state index contributed by atoms with van der Waals surface area (Å²) < 4.78 is 40.8. The fraction of sp³-hybridized carbons (Fsp3) is 0.143. The molecular weight excluding hydrogens is 417 g/mol. The van der Waals surface area contributed by atoms with E-state index in [0.717, 1.165) is 12.1 Å². The number of ether oxygens (including phenoxy) is 1. The van der Waals surface area contributed by atoms with Crippen LogP contribution in [-0.4, -0.2) is 33.3 Å². The number of ketones is 1. The van der Waals surface area contributed by atoms with E-state index in [1.807, 2.05) is 0 Å². The molecule has 3 rings (SSSR count). The van der Waals surface area contributed by atoms with Crippen LogP contribution in [0, 0.1) is 11.3 Å². The van der Waals surface area contributed by atoms with E-state index in [-0.39, 0.29) is 16.5 Å². The molecule has 0 fully saturated rings. The third-order valence-electron chi connectivity index (χ3n) is 4.32. The molecule has 1 aromatic heterocycles. The Kier molecular flexibility index (Phi) is 5.79. The van der Waals surface area contributed by atoms with Crippen molar-refractivity contribution in [3.05, 3.63) is 53.7 Å². The molecule has 1 heterocycles. The van der Waals surface area contributed by atoms with Crippen molar-refractivity contribution in [3.8, 4) is 28.7 Å². The summed E-state index contributed by atoms with van der Waals surface area (Å²) in [6.07, 6.45) is -5.69. The molecule has 31 heavy (non-hydrogen) atoms. The summed E-state index contributed by atoms with van der Waals surface area (Å²) in [6, 6.07) is 11.4. The predicted octanol–water partition coefficient (Wildman–Crippen LogP) is 4.43. The Balaban J connectivity index is 2.03. The minimum absolute atomic E-state index is 0.182. The lowest BCUT2D eigenvalue weighted by molar-refractivity contribution is -0.274. The molecule has 0 unspecified atom stereocenters. The molecule has 0 bridgehead atoms. The monoisotopic (exact) mass is 430 g/mol. The van der Waals surface area contributed by atoms with E-state index in [1.165, 1.54) is 24.3 Å². The summed E-state index contributed by atoms with van der Waals surface area (Å²) in [6.45, 7) is 0. The number of carbonyl (C=O) groups is 2. The van der Waals surface area contributed by atoms with E-state index in [9.17, 15) is 33.1 Å². The molecule has 10 heteroatoms. The van der Waals surface area contributed by atoms with Gasteiger partial charge in [-0.25, -0.2) is 4.98 Å².